The highest BCUT2D eigenvalue weighted by Crippen LogP contribution is 2.17. The van der Waals surface area contributed by atoms with Crippen molar-refractivity contribution < 1.29 is 9.53 Å². The third-order valence-electron chi connectivity index (χ3n) is 3.15. The Kier molecular flexibility index (Phi) is 5.15. The van der Waals surface area contributed by atoms with Crippen molar-refractivity contribution >= 4 is 11.7 Å². The first-order chi connectivity index (χ1) is 10.2. The van der Waals surface area contributed by atoms with Gasteiger partial charge in [0, 0.05) is 19.8 Å². The van der Waals surface area contributed by atoms with E-state index in [4.69, 9.17) is 4.74 Å². The Labute approximate surface area is 124 Å². The molecule has 1 aromatic carbocycles. The SMILES string of the molecule is CNc1ccc(C(=O)NCCc2ccccc2OC)cn1. The number of benzene rings is 1. The minimum absolute atomic E-state index is 0.125. The summed E-state index contributed by atoms with van der Waals surface area (Å²) in [4.78, 5) is 16.1. The number of anilines is 1. The molecule has 2 N–H and O–H groups in total. The highest BCUT2D eigenvalue weighted by Gasteiger charge is 2.06. The summed E-state index contributed by atoms with van der Waals surface area (Å²) < 4.78 is 5.28. The van der Waals surface area contributed by atoms with Crippen molar-refractivity contribution in [3.05, 3.63) is 53.7 Å². The molecule has 0 aliphatic heterocycles. The van der Waals surface area contributed by atoms with Crippen LogP contribution in [0.3, 0.4) is 0 Å². The third kappa shape index (κ3) is 3.95. The Morgan fingerprint density at radius 1 is 1.24 bits per heavy atom. The predicted octanol–water partition coefficient (Wildman–Crippen LogP) is 2.10. The molecule has 2 aromatic rings. The monoisotopic (exact) mass is 285 g/mol. The Morgan fingerprint density at radius 3 is 2.71 bits per heavy atom. The lowest BCUT2D eigenvalue weighted by molar-refractivity contribution is 0.0953. The fourth-order valence-electron chi connectivity index (χ4n) is 2.00. The maximum atomic E-state index is 12.0. The summed E-state index contributed by atoms with van der Waals surface area (Å²) >= 11 is 0. The number of hydrogen-bond acceptors (Lipinski definition) is 4. The van der Waals surface area contributed by atoms with Gasteiger partial charge in [0.2, 0.25) is 0 Å². The normalized spacial score (nSPS) is 10.0. The van der Waals surface area contributed by atoms with Crippen LogP contribution in [-0.2, 0) is 6.42 Å². The Morgan fingerprint density at radius 2 is 2.05 bits per heavy atom. The van der Waals surface area contributed by atoms with Gasteiger partial charge >= 0.3 is 0 Å². The molecule has 1 amide bonds. The van der Waals surface area contributed by atoms with Crippen LogP contribution in [0.15, 0.2) is 42.6 Å². The van der Waals surface area contributed by atoms with E-state index in [-0.39, 0.29) is 5.91 Å². The number of hydrogen-bond donors (Lipinski definition) is 2. The highest BCUT2D eigenvalue weighted by molar-refractivity contribution is 5.94. The van der Waals surface area contributed by atoms with E-state index in [0.717, 1.165) is 23.6 Å². The number of ether oxygens (including phenoxy) is 1. The molecule has 5 heteroatoms. The molecule has 0 saturated heterocycles. The van der Waals surface area contributed by atoms with Crippen molar-refractivity contribution in [1.82, 2.24) is 10.3 Å². The molecule has 0 fully saturated rings. The van der Waals surface area contributed by atoms with Gasteiger partial charge in [0.25, 0.3) is 5.91 Å². The Bertz CT molecular complexity index is 597. The molecule has 0 radical (unpaired) electrons. The molecular formula is C16H19N3O2. The van der Waals surface area contributed by atoms with Gasteiger partial charge in [-0.25, -0.2) is 4.98 Å². The van der Waals surface area contributed by atoms with Gasteiger partial charge in [0.1, 0.15) is 11.6 Å². The lowest BCUT2D eigenvalue weighted by Crippen LogP contribution is -2.25. The highest BCUT2D eigenvalue weighted by atomic mass is 16.5. The lowest BCUT2D eigenvalue weighted by atomic mass is 10.1. The van der Waals surface area contributed by atoms with Crippen LogP contribution in [0, 0.1) is 0 Å². The van der Waals surface area contributed by atoms with Crippen LogP contribution in [0.4, 0.5) is 5.82 Å². The second kappa shape index (κ2) is 7.28. The van der Waals surface area contributed by atoms with Gasteiger partial charge in [0.05, 0.1) is 12.7 Å². The zero-order valence-corrected chi connectivity index (χ0v) is 12.2. The van der Waals surface area contributed by atoms with Crippen molar-refractivity contribution in [2.24, 2.45) is 0 Å². The number of nitrogens with zero attached hydrogens (tertiary/aromatic N) is 1. The first kappa shape index (κ1) is 14.8. The molecular weight excluding hydrogens is 266 g/mol. The number of pyridine rings is 1. The predicted molar refractivity (Wildman–Crippen MR) is 82.8 cm³/mol. The molecule has 110 valence electrons. The van der Waals surface area contributed by atoms with E-state index in [1.54, 1.807) is 32.5 Å². The number of aromatic nitrogens is 1. The van der Waals surface area contributed by atoms with Gasteiger partial charge in [-0.15, -0.1) is 0 Å². The minimum Gasteiger partial charge on any atom is -0.496 e. The molecule has 0 saturated carbocycles. The molecule has 1 aromatic heterocycles. The standard InChI is InChI=1S/C16H19N3O2/c1-17-15-8-7-13(11-19-15)16(20)18-10-9-12-5-3-4-6-14(12)21-2/h3-8,11H,9-10H2,1-2H3,(H,17,19)(H,18,20). The zero-order chi connectivity index (χ0) is 15.1. The first-order valence-corrected chi connectivity index (χ1v) is 6.78. The zero-order valence-electron chi connectivity index (χ0n) is 12.2. The summed E-state index contributed by atoms with van der Waals surface area (Å²) in [5.74, 6) is 1.45. The van der Waals surface area contributed by atoms with Crippen molar-refractivity contribution in [2.45, 2.75) is 6.42 Å². The van der Waals surface area contributed by atoms with Crippen LogP contribution < -0.4 is 15.4 Å². The molecule has 0 aliphatic carbocycles. The Hall–Kier alpha value is -2.56. The summed E-state index contributed by atoms with van der Waals surface area (Å²) in [6, 6.07) is 11.3. The molecule has 1 heterocycles. The smallest absolute Gasteiger partial charge is 0.252 e. The molecule has 21 heavy (non-hydrogen) atoms. The average Bonchev–Trinajstić information content (AvgIpc) is 2.55. The summed E-state index contributed by atoms with van der Waals surface area (Å²) in [5, 5.41) is 5.80. The average molecular weight is 285 g/mol. The number of carbonyl (C=O) groups is 1. The summed E-state index contributed by atoms with van der Waals surface area (Å²) in [6.45, 7) is 0.549. The fourth-order valence-corrected chi connectivity index (χ4v) is 2.00. The van der Waals surface area contributed by atoms with Gasteiger partial charge in [-0.1, -0.05) is 18.2 Å². The number of rotatable bonds is 6. The minimum atomic E-state index is -0.125. The van der Waals surface area contributed by atoms with Crippen LogP contribution in [0.2, 0.25) is 0 Å². The topological polar surface area (TPSA) is 63.2 Å². The molecule has 2 rings (SSSR count). The lowest BCUT2D eigenvalue weighted by Gasteiger charge is -2.09. The maximum Gasteiger partial charge on any atom is 0.252 e. The molecule has 0 aliphatic rings. The Balaban J connectivity index is 1.89. The second-order valence-corrected chi connectivity index (χ2v) is 4.50. The van der Waals surface area contributed by atoms with E-state index in [9.17, 15) is 4.79 Å². The van der Waals surface area contributed by atoms with Crippen molar-refractivity contribution in [2.75, 3.05) is 26.0 Å². The number of nitrogens with one attached hydrogen (secondary N) is 2. The summed E-state index contributed by atoms with van der Waals surface area (Å²) in [7, 11) is 3.43. The number of carbonyl (C=O) groups excluding carboxylic acids is 1. The third-order valence-corrected chi connectivity index (χ3v) is 3.15. The van der Waals surface area contributed by atoms with E-state index in [1.165, 1.54) is 0 Å². The van der Waals surface area contributed by atoms with Crippen molar-refractivity contribution in [3.8, 4) is 5.75 Å². The van der Waals surface area contributed by atoms with Gasteiger partial charge in [-0.05, 0) is 30.2 Å². The molecule has 0 atom stereocenters. The van der Waals surface area contributed by atoms with Crippen LogP contribution in [0.25, 0.3) is 0 Å². The number of para-hydroxylation sites is 1. The number of methoxy groups -OCH3 is 1. The molecule has 0 bridgehead atoms. The van der Waals surface area contributed by atoms with Crippen LogP contribution in [-0.4, -0.2) is 31.6 Å². The quantitative estimate of drug-likeness (QED) is 0.853. The number of amides is 1. The van der Waals surface area contributed by atoms with Gasteiger partial charge < -0.3 is 15.4 Å². The van der Waals surface area contributed by atoms with Gasteiger partial charge in [-0.2, -0.15) is 0 Å². The van der Waals surface area contributed by atoms with Crippen molar-refractivity contribution in [1.29, 1.82) is 0 Å². The molecule has 0 spiro atoms. The molecule has 5 nitrogen and oxygen atoms in total. The first-order valence-electron chi connectivity index (χ1n) is 6.78. The van der Waals surface area contributed by atoms with E-state index < -0.39 is 0 Å². The maximum absolute atomic E-state index is 12.0. The fraction of sp³-hybridized carbons (Fsp3) is 0.250. The van der Waals surface area contributed by atoms with Crippen LogP contribution in [0.5, 0.6) is 5.75 Å². The van der Waals surface area contributed by atoms with Gasteiger partial charge in [0.15, 0.2) is 0 Å². The van der Waals surface area contributed by atoms with E-state index >= 15 is 0 Å². The second-order valence-electron chi connectivity index (χ2n) is 4.50. The van der Waals surface area contributed by atoms with Crippen LogP contribution >= 0.6 is 0 Å². The van der Waals surface area contributed by atoms with E-state index in [0.29, 0.717) is 12.1 Å². The summed E-state index contributed by atoms with van der Waals surface area (Å²) in [6.07, 6.45) is 2.28. The molecule has 0 unspecified atom stereocenters. The van der Waals surface area contributed by atoms with Crippen molar-refractivity contribution in [3.63, 3.8) is 0 Å². The summed E-state index contributed by atoms with van der Waals surface area (Å²) in [5.41, 5.74) is 1.62. The van der Waals surface area contributed by atoms with Gasteiger partial charge in [-0.3, -0.25) is 4.79 Å². The van der Waals surface area contributed by atoms with E-state index in [1.807, 2.05) is 24.3 Å². The largest absolute Gasteiger partial charge is 0.496 e. The van der Waals surface area contributed by atoms with Crippen LogP contribution in [0.1, 0.15) is 15.9 Å². The van der Waals surface area contributed by atoms with E-state index in [2.05, 4.69) is 15.6 Å².